The van der Waals surface area contributed by atoms with E-state index in [2.05, 4.69) is 31.8 Å². The SMILES string of the molecule is COCCOc1ccc(C(C)(C)C)cn1. The zero-order chi connectivity index (χ0) is 11.3. The molecule has 1 aromatic heterocycles. The monoisotopic (exact) mass is 209 g/mol. The molecule has 84 valence electrons. The van der Waals surface area contributed by atoms with Crippen LogP contribution in [0.5, 0.6) is 5.88 Å². The van der Waals surface area contributed by atoms with Crippen LogP contribution >= 0.6 is 0 Å². The molecule has 1 aromatic rings. The van der Waals surface area contributed by atoms with Gasteiger partial charge in [-0.2, -0.15) is 0 Å². The highest BCUT2D eigenvalue weighted by atomic mass is 16.5. The fraction of sp³-hybridized carbons (Fsp3) is 0.583. The summed E-state index contributed by atoms with van der Waals surface area (Å²) in [5, 5.41) is 0. The van der Waals surface area contributed by atoms with Gasteiger partial charge in [-0.15, -0.1) is 0 Å². The number of ether oxygens (including phenoxy) is 2. The molecule has 1 heterocycles. The highest BCUT2D eigenvalue weighted by Gasteiger charge is 2.13. The molecule has 0 saturated carbocycles. The Morgan fingerprint density at radius 3 is 2.40 bits per heavy atom. The van der Waals surface area contributed by atoms with Crippen LogP contribution in [0.15, 0.2) is 18.3 Å². The van der Waals surface area contributed by atoms with Crippen LogP contribution in [0.3, 0.4) is 0 Å². The zero-order valence-corrected chi connectivity index (χ0v) is 9.91. The van der Waals surface area contributed by atoms with Crippen LogP contribution in [0, 0.1) is 0 Å². The molecule has 0 amide bonds. The third-order valence-electron chi connectivity index (χ3n) is 2.14. The van der Waals surface area contributed by atoms with E-state index < -0.39 is 0 Å². The summed E-state index contributed by atoms with van der Waals surface area (Å²) in [6.45, 7) is 7.61. The van der Waals surface area contributed by atoms with Crippen molar-refractivity contribution < 1.29 is 9.47 Å². The predicted molar refractivity (Wildman–Crippen MR) is 60.3 cm³/mol. The Morgan fingerprint density at radius 1 is 1.20 bits per heavy atom. The lowest BCUT2D eigenvalue weighted by atomic mass is 9.88. The highest BCUT2D eigenvalue weighted by molar-refractivity contribution is 5.23. The summed E-state index contributed by atoms with van der Waals surface area (Å²) in [4.78, 5) is 4.24. The number of rotatable bonds is 4. The van der Waals surface area contributed by atoms with E-state index >= 15 is 0 Å². The number of nitrogens with zero attached hydrogens (tertiary/aromatic N) is 1. The molecule has 3 heteroatoms. The maximum atomic E-state index is 5.38. The molecule has 0 fully saturated rings. The van der Waals surface area contributed by atoms with Gasteiger partial charge in [0, 0.05) is 19.4 Å². The Kier molecular flexibility index (Phi) is 4.09. The lowest BCUT2D eigenvalue weighted by Crippen LogP contribution is -2.12. The average molecular weight is 209 g/mol. The summed E-state index contributed by atoms with van der Waals surface area (Å²) >= 11 is 0. The van der Waals surface area contributed by atoms with E-state index in [1.54, 1.807) is 7.11 Å². The van der Waals surface area contributed by atoms with Crippen LogP contribution in [0.2, 0.25) is 0 Å². The molecular formula is C12H19NO2. The van der Waals surface area contributed by atoms with Crippen LogP contribution in [-0.2, 0) is 10.2 Å². The van der Waals surface area contributed by atoms with Crippen molar-refractivity contribution >= 4 is 0 Å². The lowest BCUT2D eigenvalue weighted by molar-refractivity contribution is 0.143. The molecule has 0 aliphatic rings. The van der Waals surface area contributed by atoms with Crippen LogP contribution in [-0.4, -0.2) is 25.3 Å². The van der Waals surface area contributed by atoms with Crippen LogP contribution in [0.25, 0.3) is 0 Å². The molecule has 0 unspecified atom stereocenters. The van der Waals surface area contributed by atoms with E-state index in [1.165, 1.54) is 5.56 Å². The maximum Gasteiger partial charge on any atom is 0.213 e. The highest BCUT2D eigenvalue weighted by Crippen LogP contribution is 2.22. The van der Waals surface area contributed by atoms with E-state index in [9.17, 15) is 0 Å². The zero-order valence-electron chi connectivity index (χ0n) is 9.91. The van der Waals surface area contributed by atoms with Gasteiger partial charge in [0.05, 0.1) is 6.61 Å². The van der Waals surface area contributed by atoms with Crippen molar-refractivity contribution in [3.05, 3.63) is 23.9 Å². The number of pyridine rings is 1. The molecule has 0 atom stereocenters. The van der Waals surface area contributed by atoms with E-state index in [0.717, 1.165) is 0 Å². The second kappa shape index (κ2) is 5.12. The maximum absolute atomic E-state index is 5.38. The number of hydrogen-bond acceptors (Lipinski definition) is 3. The van der Waals surface area contributed by atoms with Gasteiger partial charge in [0.25, 0.3) is 0 Å². The molecule has 0 N–H and O–H groups in total. The summed E-state index contributed by atoms with van der Waals surface area (Å²) in [6, 6.07) is 3.95. The molecular weight excluding hydrogens is 190 g/mol. The Balaban J connectivity index is 2.57. The van der Waals surface area contributed by atoms with Gasteiger partial charge in [-0.3, -0.25) is 0 Å². The summed E-state index contributed by atoms with van der Waals surface area (Å²) in [5.41, 5.74) is 1.35. The number of aromatic nitrogens is 1. The number of methoxy groups -OCH3 is 1. The minimum absolute atomic E-state index is 0.137. The third-order valence-corrected chi connectivity index (χ3v) is 2.14. The smallest absolute Gasteiger partial charge is 0.213 e. The van der Waals surface area contributed by atoms with Crippen molar-refractivity contribution in [3.63, 3.8) is 0 Å². The third kappa shape index (κ3) is 3.88. The van der Waals surface area contributed by atoms with Crippen molar-refractivity contribution in [3.8, 4) is 5.88 Å². The first-order chi connectivity index (χ1) is 7.04. The van der Waals surface area contributed by atoms with E-state index in [0.29, 0.717) is 19.1 Å². The van der Waals surface area contributed by atoms with E-state index in [-0.39, 0.29) is 5.41 Å². The molecule has 0 spiro atoms. The summed E-state index contributed by atoms with van der Waals surface area (Å²) in [7, 11) is 1.65. The van der Waals surface area contributed by atoms with E-state index in [1.807, 2.05) is 12.3 Å². The van der Waals surface area contributed by atoms with Crippen molar-refractivity contribution in [2.75, 3.05) is 20.3 Å². The van der Waals surface area contributed by atoms with Crippen LogP contribution < -0.4 is 4.74 Å². The van der Waals surface area contributed by atoms with Crippen molar-refractivity contribution in [1.29, 1.82) is 0 Å². The molecule has 15 heavy (non-hydrogen) atoms. The first-order valence-electron chi connectivity index (χ1n) is 5.12. The van der Waals surface area contributed by atoms with Crippen molar-refractivity contribution in [1.82, 2.24) is 4.98 Å². The van der Waals surface area contributed by atoms with Crippen LogP contribution in [0.4, 0.5) is 0 Å². The Morgan fingerprint density at radius 2 is 1.93 bits per heavy atom. The summed E-state index contributed by atoms with van der Waals surface area (Å²) < 4.78 is 10.3. The molecule has 0 aromatic carbocycles. The molecule has 0 saturated heterocycles. The molecule has 0 radical (unpaired) electrons. The first-order valence-corrected chi connectivity index (χ1v) is 5.12. The van der Waals surface area contributed by atoms with Gasteiger partial charge in [-0.05, 0) is 11.0 Å². The van der Waals surface area contributed by atoms with Crippen molar-refractivity contribution in [2.24, 2.45) is 0 Å². The summed E-state index contributed by atoms with van der Waals surface area (Å²) in [6.07, 6.45) is 1.86. The van der Waals surface area contributed by atoms with Gasteiger partial charge in [0.1, 0.15) is 6.61 Å². The topological polar surface area (TPSA) is 31.4 Å². The molecule has 0 bridgehead atoms. The second-order valence-corrected chi connectivity index (χ2v) is 4.48. The largest absolute Gasteiger partial charge is 0.475 e. The van der Waals surface area contributed by atoms with E-state index in [4.69, 9.17) is 9.47 Å². The molecule has 3 nitrogen and oxygen atoms in total. The van der Waals surface area contributed by atoms with Gasteiger partial charge in [0.15, 0.2) is 0 Å². The van der Waals surface area contributed by atoms with Crippen LogP contribution in [0.1, 0.15) is 26.3 Å². The second-order valence-electron chi connectivity index (χ2n) is 4.48. The van der Waals surface area contributed by atoms with Gasteiger partial charge in [0.2, 0.25) is 5.88 Å². The molecule has 0 aliphatic heterocycles. The number of hydrogen-bond donors (Lipinski definition) is 0. The quantitative estimate of drug-likeness (QED) is 0.713. The predicted octanol–water partition coefficient (Wildman–Crippen LogP) is 2.40. The Bertz CT molecular complexity index is 287. The van der Waals surface area contributed by atoms with Gasteiger partial charge in [-0.1, -0.05) is 26.8 Å². The minimum atomic E-state index is 0.137. The minimum Gasteiger partial charge on any atom is -0.475 e. The van der Waals surface area contributed by atoms with Gasteiger partial charge in [-0.25, -0.2) is 4.98 Å². The fourth-order valence-electron chi connectivity index (χ4n) is 1.14. The first kappa shape index (κ1) is 12.0. The van der Waals surface area contributed by atoms with Gasteiger partial charge < -0.3 is 9.47 Å². The normalized spacial score (nSPS) is 11.5. The standard InChI is InChI=1S/C12H19NO2/c1-12(2,3)10-5-6-11(13-9-10)15-8-7-14-4/h5-6,9H,7-8H2,1-4H3. The summed E-state index contributed by atoms with van der Waals surface area (Å²) in [5.74, 6) is 0.653. The molecule has 0 aliphatic carbocycles. The Labute approximate surface area is 91.4 Å². The van der Waals surface area contributed by atoms with Crippen molar-refractivity contribution in [2.45, 2.75) is 26.2 Å². The average Bonchev–Trinajstić information content (AvgIpc) is 2.18. The lowest BCUT2D eigenvalue weighted by Gasteiger charge is -2.18. The molecule has 1 rings (SSSR count). The fourth-order valence-corrected chi connectivity index (χ4v) is 1.14. The Hall–Kier alpha value is -1.09. The van der Waals surface area contributed by atoms with Gasteiger partial charge >= 0.3 is 0 Å².